The molecule has 0 fully saturated rings. The van der Waals surface area contributed by atoms with E-state index in [2.05, 4.69) is 269 Å². The van der Waals surface area contributed by atoms with E-state index < -0.39 is 0 Å². The van der Waals surface area contributed by atoms with Crippen molar-refractivity contribution in [2.45, 2.75) is 38.5 Å². The second-order valence-corrected chi connectivity index (χ2v) is 20.1. The molecule has 1 heteroatoms. The molecule has 0 spiro atoms. The van der Waals surface area contributed by atoms with Crippen molar-refractivity contribution >= 4 is 38.6 Å². The standard InChI is InChI=1S/C68H51N/c1-67(2)63-21-13-12-20-58(63)59-37-30-49(41-64(59)67)48-28-34-53(35-29-48)69(52-32-26-47(27-33-52)46-24-22-45(23-25-46)44-14-6-5-7-15-44)54-36-39-61-60-38-31-51(42-65(60)68(3,4)66(61)43-54)62-40-50-16-8-9-17-55(50)56-18-10-11-19-57(56)62/h5-43H,1-4H3. The van der Waals surface area contributed by atoms with E-state index in [1.54, 1.807) is 0 Å². The highest BCUT2D eigenvalue weighted by Gasteiger charge is 2.37. The molecule has 0 aromatic heterocycles. The molecule has 0 amide bonds. The fourth-order valence-electron chi connectivity index (χ4n) is 11.7. The summed E-state index contributed by atoms with van der Waals surface area (Å²) in [4.78, 5) is 2.43. The molecule has 0 unspecified atom stereocenters. The van der Waals surface area contributed by atoms with Crippen molar-refractivity contribution in [1.82, 2.24) is 0 Å². The quantitative estimate of drug-likeness (QED) is 0.144. The Balaban J connectivity index is 0.883. The Kier molecular flexibility index (Phi) is 9.30. The fraction of sp³-hybridized carbons (Fsp3) is 0.0882. The highest BCUT2D eigenvalue weighted by molar-refractivity contribution is 6.14. The molecule has 0 bridgehead atoms. The molecule has 0 heterocycles. The van der Waals surface area contributed by atoms with Crippen LogP contribution in [0.4, 0.5) is 17.1 Å². The monoisotopic (exact) mass is 881 g/mol. The summed E-state index contributed by atoms with van der Waals surface area (Å²) in [6.07, 6.45) is 0. The van der Waals surface area contributed by atoms with Gasteiger partial charge < -0.3 is 4.90 Å². The van der Waals surface area contributed by atoms with E-state index in [0.29, 0.717) is 0 Å². The van der Waals surface area contributed by atoms with Gasteiger partial charge in [0.15, 0.2) is 0 Å². The van der Waals surface area contributed by atoms with Gasteiger partial charge in [-0.05, 0) is 165 Å². The Bertz CT molecular complexity index is 3800. The molecule has 1 nitrogen and oxygen atoms in total. The molecule has 11 aromatic carbocycles. The number of nitrogens with zero attached hydrogens (tertiary/aromatic N) is 1. The summed E-state index contributed by atoms with van der Waals surface area (Å²) < 4.78 is 0. The van der Waals surface area contributed by atoms with Crippen molar-refractivity contribution in [3.8, 4) is 66.8 Å². The van der Waals surface area contributed by atoms with Gasteiger partial charge >= 0.3 is 0 Å². The third-order valence-corrected chi connectivity index (χ3v) is 15.5. The van der Waals surface area contributed by atoms with Gasteiger partial charge in [0.1, 0.15) is 0 Å². The molecule has 0 N–H and O–H groups in total. The van der Waals surface area contributed by atoms with E-state index in [0.717, 1.165) is 17.1 Å². The summed E-state index contributed by atoms with van der Waals surface area (Å²) in [6, 6.07) is 88.0. The van der Waals surface area contributed by atoms with Crippen LogP contribution < -0.4 is 4.90 Å². The molecule has 328 valence electrons. The maximum absolute atomic E-state index is 2.46. The molecule has 0 atom stereocenters. The van der Waals surface area contributed by atoms with Crippen molar-refractivity contribution in [3.05, 3.63) is 259 Å². The summed E-state index contributed by atoms with van der Waals surface area (Å²) in [5, 5.41) is 5.14. The highest BCUT2D eigenvalue weighted by atomic mass is 15.1. The molecule has 0 saturated heterocycles. The van der Waals surface area contributed by atoms with E-state index in [1.807, 2.05) is 0 Å². The summed E-state index contributed by atoms with van der Waals surface area (Å²) in [6.45, 7) is 9.51. The maximum atomic E-state index is 2.46. The maximum Gasteiger partial charge on any atom is 0.0465 e. The second kappa shape index (κ2) is 15.7. The van der Waals surface area contributed by atoms with Crippen LogP contribution in [0, 0.1) is 0 Å². The zero-order valence-corrected chi connectivity index (χ0v) is 39.5. The van der Waals surface area contributed by atoms with Gasteiger partial charge in [0.05, 0.1) is 0 Å². The molecule has 0 aliphatic heterocycles. The minimum Gasteiger partial charge on any atom is -0.310 e. The average molecular weight is 882 g/mol. The van der Waals surface area contributed by atoms with Gasteiger partial charge in [-0.15, -0.1) is 0 Å². The SMILES string of the molecule is CC1(C)c2ccccc2-c2ccc(-c3ccc(N(c4ccc(-c5ccc(-c6ccccc6)cc5)cc4)c4ccc5c(c4)C(C)(C)c4cc(-c6cc7ccccc7c7ccccc67)ccc4-5)cc3)cc21. The van der Waals surface area contributed by atoms with Crippen LogP contribution >= 0.6 is 0 Å². The molecule has 0 radical (unpaired) electrons. The van der Waals surface area contributed by atoms with Crippen LogP contribution in [-0.4, -0.2) is 0 Å². The van der Waals surface area contributed by atoms with Gasteiger partial charge in [-0.1, -0.05) is 210 Å². The van der Waals surface area contributed by atoms with Crippen LogP contribution in [0.25, 0.3) is 88.3 Å². The number of benzene rings is 11. The number of rotatable bonds is 7. The van der Waals surface area contributed by atoms with Crippen molar-refractivity contribution in [2.75, 3.05) is 4.90 Å². The minimum atomic E-state index is -0.227. The zero-order valence-electron chi connectivity index (χ0n) is 39.5. The fourth-order valence-corrected chi connectivity index (χ4v) is 11.7. The lowest BCUT2D eigenvalue weighted by atomic mass is 9.81. The molecule has 11 aromatic rings. The number of fused-ring (bicyclic) bond motifs is 9. The molecule has 2 aliphatic rings. The Hall–Kier alpha value is -8.26. The van der Waals surface area contributed by atoms with Crippen molar-refractivity contribution in [2.24, 2.45) is 0 Å². The largest absolute Gasteiger partial charge is 0.310 e. The van der Waals surface area contributed by atoms with Crippen LogP contribution in [0.1, 0.15) is 49.9 Å². The molecule has 0 saturated carbocycles. The number of hydrogen-bond donors (Lipinski definition) is 0. The van der Waals surface area contributed by atoms with Gasteiger partial charge in [0.25, 0.3) is 0 Å². The van der Waals surface area contributed by atoms with Crippen LogP contribution in [0.3, 0.4) is 0 Å². The first-order chi connectivity index (χ1) is 33.7. The van der Waals surface area contributed by atoms with Crippen LogP contribution in [0.5, 0.6) is 0 Å². The molecule has 13 rings (SSSR count). The normalized spacial score (nSPS) is 13.7. The smallest absolute Gasteiger partial charge is 0.0465 e. The second-order valence-electron chi connectivity index (χ2n) is 20.1. The van der Waals surface area contributed by atoms with Gasteiger partial charge in [-0.2, -0.15) is 0 Å². The Labute approximate surface area is 405 Å². The first-order valence-corrected chi connectivity index (χ1v) is 24.3. The van der Waals surface area contributed by atoms with E-state index in [-0.39, 0.29) is 10.8 Å². The van der Waals surface area contributed by atoms with Gasteiger partial charge in [-0.3, -0.25) is 0 Å². The molecular formula is C68H51N. The Morgan fingerprint density at radius 2 is 0.652 bits per heavy atom. The average Bonchev–Trinajstić information content (AvgIpc) is 3.77. The van der Waals surface area contributed by atoms with Crippen LogP contribution in [-0.2, 0) is 10.8 Å². The van der Waals surface area contributed by atoms with Crippen molar-refractivity contribution in [1.29, 1.82) is 0 Å². The molecule has 2 aliphatic carbocycles. The van der Waals surface area contributed by atoms with Crippen LogP contribution in [0.15, 0.2) is 237 Å². The predicted octanol–water partition coefficient (Wildman–Crippen LogP) is 18.7. The summed E-state index contributed by atoms with van der Waals surface area (Å²) in [5.74, 6) is 0. The molecular weight excluding hydrogens is 831 g/mol. The Morgan fingerprint density at radius 1 is 0.246 bits per heavy atom. The van der Waals surface area contributed by atoms with Crippen molar-refractivity contribution < 1.29 is 0 Å². The van der Waals surface area contributed by atoms with Gasteiger partial charge in [0, 0.05) is 27.9 Å². The summed E-state index contributed by atoms with van der Waals surface area (Å²) in [7, 11) is 0. The first kappa shape index (κ1) is 41.0. The van der Waals surface area contributed by atoms with E-state index in [4.69, 9.17) is 0 Å². The third-order valence-electron chi connectivity index (χ3n) is 15.5. The third kappa shape index (κ3) is 6.60. The zero-order chi connectivity index (χ0) is 46.4. The first-order valence-electron chi connectivity index (χ1n) is 24.3. The number of hydrogen-bond acceptors (Lipinski definition) is 1. The van der Waals surface area contributed by atoms with Gasteiger partial charge in [-0.25, -0.2) is 0 Å². The lowest BCUT2D eigenvalue weighted by molar-refractivity contribution is 0.660. The molecule has 69 heavy (non-hydrogen) atoms. The van der Waals surface area contributed by atoms with Gasteiger partial charge in [0.2, 0.25) is 0 Å². The lowest BCUT2D eigenvalue weighted by Crippen LogP contribution is -2.16. The van der Waals surface area contributed by atoms with E-state index in [1.165, 1.54) is 111 Å². The number of anilines is 3. The predicted molar refractivity (Wildman–Crippen MR) is 293 cm³/mol. The highest BCUT2D eigenvalue weighted by Crippen LogP contribution is 2.53. The summed E-state index contributed by atoms with van der Waals surface area (Å²) in [5.41, 5.74) is 23.7. The topological polar surface area (TPSA) is 3.24 Å². The Morgan fingerprint density at radius 3 is 1.30 bits per heavy atom. The lowest BCUT2D eigenvalue weighted by Gasteiger charge is -2.28. The van der Waals surface area contributed by atoms with Crippen LogP contribution in [0.2, 0.25) is 0 Å². The van der Waals surface area contributed by atoms with E-state index in [9.17, 15) is 0 Å². The minimum absolute atomic E-state index is 0.0534. The van der Waals surface area contributed by atoms with E-state index >= 15 is 0 Å². The summed E-state index contributed by atoms with van der Waals surface area (Å²) >= 11 is 0. The van der Waals surface area contributed by atoms with Crippen molar-refractivity contribution in [3.63, 3.8) is 0 Å².